The Kier molecular flexibility index (Phi) is 3.10. The Morgan fingerprint density at radius 2 is 2.58 bits per heavy atom. The van der Waals surface area contributed by atoms with Crippen LogP contribution in [0.4, 0.5) is 0 Å². The Balaban J connectivity index is 2.35. The summed E-state index contributed by atoms with van der Waals surface area (Å²) < 4.78 is 5.17. The van der Waals surface area contributed by atoms with Gasteiger partial charge in [0.05, 0.1) is 18.7 Å². The molecule has 3 N–H and O–H groups in total. The van der Waals surface area contributed by atoms with Crippen LogP contribution >= 0.6 is 0 Å². The standard InChI is InChI=1S/C8H13NO3/c9-6(5-8(10)11)7-3-1-2-4-12-7/h2,4,6-7H,1,3,5,9H2,(H,10,11). The first-order chi connectivity index (χ1) is 5.70. The number of nitrogens with two attached hydrogens (primary N) is 1. The molecule has 0 aromatic rings. The van der Waals surface area contributed by atoms with Crippen molar-refractivity contribution >= 4 is 5.97 Å². The second-order valence-corrected chi connectivity index (χ2v) is 2.89. The van der Waals surface area contributed by atoms with Gasteiger partial charge in [-0.05, 0) is 18.9 Å². The van der Waals surface area contributed by atoms with Gasteiger partial charge < -0.3 is 15.6 Å². The van der Waals surface area contributed by atoms with E-state index >= 15 is 0 Å². The second-order valence-electron chi connectivity index (χ2n) is 2.89. The van der Waals surface area contributed by atoms with Gasteiger partial charge in [0, 0.05) is 0 Å². The van der Waals surface area contributed by atoms with E-state index in [0.717, 1.165) is 12.8 Å². The minimum absolute atomic E-state index is 0.0293. The Morgan fingerprint density at radius 3 is 3.08 bits per heavy atom. The Labute approximate surface area is 71.0 Å². The lowest BCUT2D eigenvalue weighted by Crippen LogP contribution is -2.38. The van der Waals surface area contributed by atoms with E-state index in [1.165, 1.54) is 0 Å². The van der Waals surface area contributed by atoms with Gasteiger partial charge in [-0.15, -0.1) is 0 Å². The number of rotatable bonds is 3. The number of ether oxygens (including phenoxy) is 1. The molecule has 1 rings (SSSR count). The molecule has 68 valence electrons. The zero-order chi connectivity index (χ0) is 8.97. The van der Waals surface area contributed by atoms with Crippen LogP contribution in [0.15, 0.2) is 12.3 Å². The Bertz CT molecular complexity index is 191. The normalized spacial score (nSPS) is 24.6. The van der Waals surface area contributed by atoms with Crippen LogP contribution in [0.3, 0.4) is 0 Å². The molecule has 4 nitrogen and oxygen atoms in total. The monoisotopic (exact) mass is 171 g/mol. The summed E-state index contributed by atoms with van der Waals surface area (Å²) in [6.07, 6.45) is 5.06. The van der Waals surface area contributed by atoms with Gasteiger partial charge in [-0.2, -0.15) is 0 Å². The smallest absolute Gasteiger partial charge is 0.305 e. The van der Waals surface area contributed by atoms with Gasteiger partial charge in [0.25, 0.3) is 0 Å². The first-order valence-corrected chi connectivity index (χ1v) is 3.98. The number of hydrogen-bond acceptors (Lipinski definition) is 3. The van der Waals surface area contributed by atoms with E-state index in [1.807, 2.05) is 6.08 Å². The Morgan fingerprint density at radius 1 is 1.83 bits per heavy atom. The first kappa shape index (κ1) is 9.06. The maximum absolute atomic E-state index is 10.3. The van der Waals surface area contributed by atoms with E-state index in [2.05, 4.69) is 0 Å². The Hall–Kier alpha value is -1.03. The fourth-order valence-electron chi connectivity index (χ4n) is 1.20. The highest BCUT2D eigenvalue weighted by Gasteiger charge is 2.21. The lowest BCUT2D eigenvalue weighted by Gasteiger charge is -2.24. The van der Waals surface area contributed by atoms with Crippen LogP contribution < -0.4 is 5.73 Å². The van der Waals surface area contributed by atoms with Crippen LogP contribution in [-0.4, -0.2) is 23.2 Å². The number of carboxylic acid groups (broad SMARTS) is 1. The van der Waals surface area contributed by atoms with Crippen molar-refractivity contribution in [2.24, 2.45) is 5.73 Å². The van der Waals surface area contributed by atoms with E-state index in [1.54, 1.807) is 6.26 Å². The summed E-state index contributed by atoms with van der Waals surface area (Å²) in [4.78, 5) is 10.3. The van der Waals surface area contributed by atoms with Crippen molar-refractivity contribution < 1.29 is 14.6 Å². The van der Waals surface area contributed by atoms with Crippen molar-refractivity contribution in [1.82, 2.24) is 0 Å². The third kappa shape index (κ3) is 2.54. The molecular weight excluding hydrogens is 158 g/mol. The molecule has 1 aliphatic heterocycles. The van der Waals surface area contributed by atoms with Crippen LogP contribution in [0.25, 0.3) is 0 Å². The third-order valence-electron chi connectivity index (χ3n) is 1.86. The molecule has 0 radical (unpaired) electrons. The maximum atomic E-state index is 10.3. The molecule has 4 heteroatoms. The predicted octanol–water partition coefficient (Wildman–Crippen LogP) is 0.481. The number of aliphatic carboxylic acids is 1. The maximum Gasteiger partial charge on any atom is 0.305 e. The summed E-state index contributed by atoms with van der Waals surface area (Å²) in [5, 5.41) is 8.46. The first-order valence-electron chi connectivity index (χ1n) is 3.98. The predicted molar refractivity (Wildman–Crippen MR) is 43.5 cm³/mol. The largest absolute Gasteiger partial charge is 0.497 e. The molecule has 12 heavy (non-hydrogen) atoms. The van der Waals surface area contributed by atoms with Gasteiger partial charge in [0.15, 0.2) is 0 Å². The summed E-state index contributed by atoms with van der Waals surface area (Å²) >= 11 is 0. The molecule has 1 aliphatic rings. The molecule has 0 bridgehead atoms. The average molecular weight is 171 g/mol. The fraction of sp³-hybridized carbons (Fsp3) is 0.625. The van der Waals surface area contributed by atoms with Crippen molar-refractivity contribution in [3.05, 3.63) is 12.3 Å². The van der Waals surface area contributed by atoms with Gasteiger partial charge in [-0.1, -0.05) is 0 Å². The molecule has 0 saturated carbocycles. The zero-order valence-electron chi connectivity index (χ0n) is 6.77. The van der Waals surface area contributed by atoms with Crippen molar-refractivity contribution in [3.63, 3.8) is 0 Å². The van der Waals surface area contributed by atoms with Crippen LogP contribution in [0.2, 0.25) is 0 Å². The zero-order valence-corrected chi connectivity index (χ0v) is 6.77. The van der Waals surface area contributed by atoms with Crippen LogP contribution in [-0.2, 0) is 9.53 Å². The van der Waals surface area contributed by atoms with Crippen molar-refractivity contribution in [3.8, 4) is 0 Å². The summed E-state index contributed by atoms with van der Waals surface area (Å²) in [6, 6.07) is -0.396. The lowest BCUT2D eigenvalue weighted by molar-refractivity contribution is -0.138. The molecular formula is C8H13NO3. The summed E-state index contributed by atoms with van der Waals surface area (Å²) in [5.74, 6) is -0.874. The van der Waals surface area contributed by atoms with Gasteiger partial charge in [0.2, 0.25) is 0 Å². The highest BCUT2D eigenvalue weighted by Crippen LogP contribution is 2.14. The van der Waals surface area contributed by atoms with Crippen molar-refractivity contribution in [2.45, 2.75) is 31.4 Å². The number of allylic oxidation sites excluding steroid dienone is 1. The third-order valence-corrected chi connectivity index (χ3v) is 1.86. The fourth-order valence-corrected chi connectivity index (χ4v) is 1.20. The lowest BCUT2D eigenvalue weighted by atomic mass is 10.0. The van der Waals surface area contributed by atoms with Gasteiger partial charge in [-0.3, -0.25) is 4.79 Å². The van der Waals surface area contributed by atoms with E-state index in [4.69, 9.17) is 15.6 Å². The van der Waals surface area contributed by atoms with Crippen molar-refractivity contribution in [2.75, 3.05) is 0 Å². The second kappa shape index (κ2) is 4.11. The van der Waals surface area contributed by atoms with Gasteiger partial charge in [0.1, 0.15) is 6.10 Å². The highest BCUT2D eigenvalue weighted by atomic mass is 16.5. The van der Waals surface area contributed by atoms with E-state index in [9.17, 15) is 4.79 Å². The quantitative estimate of drug-likeness (QED) is 0.647. The SMILES string of the molecule is NC(CC(=O)O)C1CCC=CO1. The molecule has 0 spiro atoms. The van der Waals surface area contributed by atoms with Crippen LogP contribution in [0, 0.1) is 0 Å². The molecule has 2 atom stereocenters. The number of hydrogen-bond donors (Lipinski definition) is 2. The number of carboxylic acids is 1. The van der Waals surface area contributed by atoms with E-state index < -0.39 is 12.0 Å². The number of carbonyl (C=O) groups is 1. The molecule has 2 unspecified atom stereocenters. The van der Waals surface area contributed by atoms with Crippen LogP contribution in [0.1, 0.15) is 19.3 Å². The van der Waals surface area contributed by atoms with Crippen LogP contribution in [0.5, 0.6) is 0 Å². The van der Waals surface area contributed by atoms with Crippen molar-refractivity contribution in [1.29, 1.82) is 0 Å². The molecule has 0 aromatic carbocycles. The van der Waals surface area contributed by atoms with E-state index in [0.29, 0.717) is 0 Å². The molecule has 0 fully saturated rings. The minimum atomic E-state index is -0.874. The molecule has 1 heterocycles. The van der Waals surface area contributed by atoms with Gasteiger partial charge in [-0.25, -0.2) is 0 Å². The summed E-state index contributed by atoms with van der Waals surface area (Å²) in [6.45, 7) is 0. The highest BCUT2D eigenvalue weighted by molar-refractivity contribution is 5.67. The van der Waals surface area contributed by atoms with E-state index in [-0.39, 0.29) is 12.5 Å². The van der Waals surface area contributed by atoms with Gasteiger partial charge >= 0.3 is 5.97 Å². The summed E-state index contributed by atoms with van der Waals surface area (Å²) in [5.41, 5.74) is 5.61. The molecule has 0 aromatic heterocycles. The molecule has 0 aliphatic carbocycles. The topological polar surface area (TPSA) is 72.6 Å². The summed E-state index contributed by atoms with van der Waals surface area (Å²) in [7, 11) is 0. The molecule has 0 amide bonds. The average Bonchev–Trinajstić information content (AvgIpc) is 2.05. The molecule has 0 saturated heterocycles. The minimum Gasteiger partial charge on any atom is -0.497 e.